The van der Waals surface area contributed by atoms with Crippen LogP contribution >= 0.6 is 0 Å². The molecular weight excluding hydrogens is 262 g/mol. The predicted molar refractivity (Wildman–Crippen MR) is 89.1 cm³/mol. The smallest absolute Gasteiger partial charge is 0.0705 e. The predicted octanol–water partition coefficient (Wildman–Crippen LogP) is 4.83. The zero-order valence-electron chi connectivity index (χ0n) is 12.4. The van der Waals surface area contributed by atoms with Crippen molar-refractivity contribution in [3.63, 3.8) is 0 Å². The first-order chi connectivity index (χ1) is 9.06. The third-order valence-corrected chi connectivity index (χ3v) is 5.97. The molecule has 0 saturated carbocycles. The Morgan fingerprint density at radius 3 is 2.16 bits per heavy atom. The van der Waals surface area contributed by atoms with Crippen LogP contribution in [0, 0.1) is 0 Å². The molecule has 0 saturated heterocycles. The van der Waals surface area contributed by atoms with Crippen molar-refractivity contribution >= 4 is 28.5 Å². The van der Waals surface area contributed by atoms with Crippen LogP contribution in [0.15, 0.2) is 36.4 Å². The molecule has 0 aliphatic carbocycles. The summed E-state index contributed by atoms with van der Waals surface area (Å²) in [4.78, 5) is 4.91. The van der Waals surface area contributed by atoms with Gasteiger partial charge in [0.25, 0.3) is 0 Å². The summed E-state index contributed by atoms with van der Waals surface area (Å²) in [6.07, 6.45) is 0. The monoisotopic (exact) mass is 285 g/mol. The molecule has 0 fully saturated rings. The summed E-state index contributed by atoms with van der Waals surface area (Å²) in [7, 11) is -0.404. The summed E-state index contributed by atoms with van der Waals surface area (Å²) in [5.74, 6) is 0.678. The van der Waals surface area contributed by atoms with Crippen molar-refractivity contribution in [2.75, 3.05) is 0 Å². The Kier molecular flexibility index (Phi) is 4.94. The molecule has 0 atom stereocenters. The molecule has 100 valence electrons. The molecule has 0 bridgehead atoms. The maximum absolute atomic E-state index is 4.91. The van der Waals surface area contributed by atoms with E-state index in [1.165, 1.54) is 23.2 Å². The van der Waals surface area contributed by atoms with Crippen LogP contribution in [0.3, 0.4) is 0 Å². The molecule has 2 radical (unpaired) electrons. The lowest BCUT2D eigenvalue weighted by atomic mass is 10.1. The second-order valence-corrected chi connectivity index (χ2v) is 11.6. The number of fused-ring (bicyclic) bond motifs is 1. The number of hydrogen-bond acceptors (Lipinski definition) is 1. The minimum absolute atomic E-state index is 0.202. The zero-order valence-corrected chi connectivity index (χ0v) is 14.4. The molecule has 0 spiro atoms. The van der Waals surface area contributed by atoms with Gasteiger partial charge in [0.05, 0.1) is 5.52 Å². The first-order valence-electron chi connectivity index (χ1n) is 7.00. The highest BCUT2D eigenvalue weighted by Gasteiger charge is 2.17. The highest BCUT2D eigenvalue weighted by atomic mass is 28.3. The summed E-state index contributed by atoms with van der Waals surface area (Å²) in [5, 5.41) is 1.25. The van der Waals surface area contributed by atoms with Crippen LogP contribution in [0.5, 0.6) is 0 Å². The Labute approximate surface area is 120 Å². The van der Waals surface area contributed by atoms with Crippen molar-refractivity contribution in [3.8, 4) is 0 Å². The third-order valence-electron chi connectivity index (χ3n) is 3.35. The number of hydrogen-bond donors (Lipinski definition) is 0. The van der Waals surface area contributed by atoms with E-state index in [9.17, 15) is 0 Å². The fourth-order valence-electron chi connectivity index (χ4n) is 2.58. The summed E-state index contributed by atoms with van der Waals surface area (Å²) in [6, 6.07) is 15.6. The molecule has 0 unspecified atom stereocenters. The number of benzene rings is 1. The fourth-order valence-corrected chi connectivity index (χ4v) is 5.54. The van der Waals surface area contributed by atoms with Gasteiger partial charge in [-0.2, -0.15) is 0 Å². The Morgan fingerprint density at radius 1 is 0.895 bits per heavy atom. The standard InChI is InChI=1S/C16H23NSi2/c1-18(2)11-14(12-19(3)4)16-10-9-13-7-5-6-8-15(13)17-16/h5-10,14H,11-12H2,1-4H3. The molecule has 0 aliphatic heterocycles. The zero-order chi connectivity index (χ0) is 13.8. The minimum atomic E-state index is -0.202. The van der Waals surface area contributed by atoms with Gasteiger partial charge in [0.1, 0.15) is 0 Å². The lowest BCUT2D eigenvalue weighted by molar-refractivity contribution is 0.808. The van der Waals surface area contributed by atoms with Crippen molar-refractivity contribution in [2.24, 2.45) is 0 Å². The Hall–Kier alpha value is -0.936. The van der Waals surface area contributed by atoms with E-state index in [-0.39, 0.29) is 17.6 Å². The normalized spacial score (nSPS) is 11.9. The fraction of sp³-hybridized carbons (Fsp3) is 0.438. The van der Waals surface area contributed by atoms with E-state index in [1.807, 2.05) is 0 Å². The van der Waals surface area contributed by atoms with Crippen LogP contribution in [0.1, 0.15) is 11.6 Å². The van der Waals surface area contributed by atoms with Gasteiger partial charge in [-0.1, -0.05) is 62.5 Å². The molecular formula is C16H23NSi2. The van der Waals surface area contributed by atoms with Crippen molar-refractivity contribution in [2.45, 2.75) is 44.2 Å². The SMILES string of the molecule is C[Si](C)CC(C[Si](C)C)c1ccc2ccccc2n1. The van der Waals surface area contributed by atoms with Gasteiger partial charge in [0, 0.05) is 28.7 Å². The van der Waals surface area contributed by atoms with Gasteiger partial charge >= 0.3 is 0 Å². The van der Waals surface area contributed by atoms with E-state index in [0.717, 1.165) is 5.52 Å². The summed E-state index contributed by atoms with van der Waals surface area (Å²) < 4.78 is 0. The van der Waals surface area contributed by atoms with Gasteiger partial charge in [-0.15, -0.1) is 0 Å². The summed E-state index contributed by atoms with van der Waals surface area (Å²) in [6.45, 7) is 9.65. The van der Waals surface area contributed by atoms with Crippen LogP contribution in [0.25, 0.3) is 10.9 Å². The van der Waals surface area contributed by atoms with Crippen LogP contribution in [-0.4, -0.2) is 22.6 Å². The van der Waals surface area contributed by atoms with Gasteiger partial charge in [0.2, 0.25) is 0 Å². The van der Waals surface area contributed by atoms with Crippen LogP contribution in [-0.2, 0) is 0 Å². The Morgan fingerprint density at radius 2 is 1.53 bits per heavy atom. The topological polar surface area (TPSA) is 12.9 Å². The second-order valence-electron chi connectivity index (χ2n) is 5.95. The highest BCUT2D eigenvalue weighted by molar-refractivity contribution is 6.57. The molecule has 1 aromatic carbocycles. The van der Waals surface area contributed by atoms with Crippen molar-refractivity contribution in [1.82, 2.24) is 4.98 Å². The molecule has 1 aromatic heterocycles. The van der Waals surface area contributed by atoms with Crippen molar-refractivity contribution in [1.29, 1.82) is 0 Å². The van der Waals surface area contributed by atoms with E-state index in [2.05, 4.69) is 62.6 Å². The van der Waals surface area contributed by atoms with Gasteiger partial charge in [0.15, 0.2) is 0 Å². The average molecular weight is 286 g/mol. The summed E-state index contributed by atoms with van der Waals surface area (Å²) >= 11 is 0. The van der Waals surface area contributed by atoms with E-state index in [0.29, 0.717) is 5.92 Å². The van der Waals surface area contributed by atoms with Gasteiger partial charge in [-0.25, -0.2) is 0 Å². The molecule has 0 aliphatic rings. The quantitative estimate of drug-likeness (QED) is 0.717. The Bertz CT molecular complexity index is 527. The number of nitrogens with zero attached hydrogens (tertiary/aromatic N) is 1. The van der Waals surface area contributed by atoms with Gasteiger partial charge in [-0.05, 0) is 18.1 Å². The second kappa shape index (κ2) is 6.48. The molecule has 2 rings (SSSR count). The maximum atomic E-state index is 4.91. The third kappa shape index (κ3) is 4.01. The highest BCUT2D eigenvalue weighted by Crippen LogP contribution is 2.27. The lowest BCUT2D eigenvalue weighted by Gasteiger charge is -2.20. The molecule has 1 nitrogen and oxygen atoms in total. The maximum Gasteiger partial charge on any atom is 0.0705 e. The van der Waals surface area contributed by atoms with E-state index in [1.54, 1.807) is 0 Å². The van der Waals surface area contributed by atoms with Crippen LogP contribution in [0.2, 0.25) is 38.3 Å². The molecule has 0 N–H and O–H groups in total. The molecule has 2 aromatic rings. The van der Waals surface area contributed by atoms with Crippen LogP contribution < -0.4 is 0 Å². The number of para-hydroxylation sites is 1. The molecule has 19 heavy (non-hydrogen) atoms. The molecule has 0 amide bonds. The summed E-state index contributed by atoms with van der Waals surface area (Å²) in [5.41, 5.74) is 2.46. The largest absolute Gasteiger partial charge is 0.253 e. The molecule has 1 heterocycles. The molecule has 3 heteroatoms. The Balaban J connectivity index is 2.32. The first-order valence-corrected chi connectivity index (χ1v) is 12.4. The van der Waals surface area contributed by atoms with E-state index in [4.69, 9.17) is 4.98 Å². The number of pyridine rings is 1. The first kappa shape index (κ1) is 14.5. The lowest BCUT2D eigenvalue weighted by Crippen LogP contribution is -2.14. The van der Waals surface area contributed by atoms with E-state index < -0.39 is 0 Å². The van der Waals surface area contributed by atoms with Gasteiger partial charge < -0.3 is 0 Å². The number of aromatic nitrogens is 1. The van der Waals surface area contributed by atoms with Gasteiger partial charge in [-0.3, -0.25) is 4.98 Å². The van der Waals surface area contributed by atoms with Crippen LogP contribution in [0.4, 0.5) is 0 Å². The van der Waals surface area contributed by atoms with Crippen molar-refractivity contribution < 1.29 is 0 Å². The average Bonchev–Trinajstić information content (AvgIpc) is 2.36. The minimum Gasteiger partial charge on any atom is -0.253 e. The van der Waals surface area contributed by atoms with E-state index >= 15 is 0 Å². The number of rotatable bonds is 5. The van der Waals surface area contributed by atoms with Crippen molar-refractivity contribution in [3.05, 3.63) is 42.1 Å².